The van der Waals surface area contributed by atoms with E-state index in [0.717, 1.165) is 12.8 Å². The van der Waals surface area contributed by atoms with Crippen LogP contribution in [0, 0.1) is 5.92 Å². The summed E-state index contributed by atoms with van der Waals surface area (Å²) in [6.07, 6.45) is 3.23. The Hall–Kier alpha value is -3.92. The first-order chi connectivity index (χ1) is 17.8. The number of nitrogens with two attached hydrogens (primary N) is 1. The number of amides is 2. The summed E-state index contributed by atoms with van der Waals surface area (Å²) in [5.41, 5.74) is 6.38. The molecule has 2 amide bonds. The summed E-state index contributed by atoms with van der Waals surface area (Å²) in [5, 5.41) is 14.8. The molecule has 0 aromatic heterocycles. The third-order valence-corrected chi connectivity index (χ3v) is 6.53. The summed E-state index contributed by atoms with van der Waals surface area (Å²) in [7, 11) is 2.87. The molecule has 2 aromatic rings. The lowest BCUT2D eigenvalue weighted by atomic mass is 9.82. The second kappa shape index (κ2) is 12.9. The smallest absolute Gasteiger partial charge is 0.335 e. The number of methoxy groups -OCH3 is 2. The third kappa shape index (κ3) is 7.07. The van der Waals surface area contributed by atoms with Gasteiger partial charge in [-0.15, -0.1) is 0 Å². The van der Waals surface area contributed by atoms with E-state index in [1.807, 2.05) is 0 Å². The maximum Gasteiger partial charge on any atom is 0.335 e. The Bertz CT molecular complexity index is 1160. The summed E-state index contributed by atoms with van der Waals surface area (Å²) in [5.74, 6) is -1.20. The molecule has 198 valence electrons. The van der Waals surface area contributed by atoms with Gasteiger partial charge in [-0.05, 0) is 49.8 Å². The number of rotatable bonds is 11. The molecular formula is C27H33N3O7. The molecule has 0 spiro atoms. The molecule has 5 N–H and O–H groups in total. The van der Waals surface area contributed by atoms with Crippen molar-refractivity contribution in [2.24, 2.45) is 11.7 Å². The van der Waals surface area contributed by atoms with Crippen molar-refractivity contribution in [3.8, 4) is 11.5 Å². The van der Waals surface area contributed by atoms with E-state index in [2.05, 4.69) is 10.6 Å². The zero-order valence-electron chi connectivity index (χ0n) is 21.0. The van der Waals surface area contributed by atoms with Crippen LogP contribution in [0.15, 0.2) is 36.4 Å². The molecule has 10 nitrogen and oxygen atoms in total. The number of ether oxygens (including phenoxy) is 2. The standard InChI is InChI=1S/C27H33N3O7/c1-36-23-15-24(37-2)21(14-20(23)25(32)29-11-10-28)26(33)30-19-8-6-16(7-9-19)12-22(31)17-4-3-5-18(13-17)27(34)35/h3-5,13-16,19H,6-12,28H2,1-2H3,(H,29,32)(H,30,33)(H,34,35). The van der Waals surface area contributed by atoms with E-state index in [1.54, 1.807) is 12.1 Å². The quantitative estimate of drug-likeness (QED) is 0.335. The van der Waals surface area contributed by atoms with Crippen LogP contribution < -0.4 is 25.8 Å². The lowest BCUT2D eigenvalue weighted by Gasteiger charge is -2.29. The molecule has 0 heterocycles. The van der Waals surface area contributed by atoms with Crippen molar-refractivity contribution in [2.75, 3.05) is 27.3 Å². The molecule has 0 saturated heterocycles. The molecule has 3 rings (SSSR count). The first kappa shape index (κ1) is 27.7. The summed E-state index contributed by atoms with van der Waals surface area (Å²) >= 11 is 0. The summed E-state index contributed by atoms with van der Waals surface area (Å²) < 4.78 is 10.7. The van der Waals surface area contributed by atoms with E-state index < -0.39 is 11.9 Å². The Morgan fingerprint density at radius 1 is 0.919 bits per heavy atom. The Morgan fingerprint density at radius 3 is 2.14 bits per heavy atom. The molecule has 0 bridgehead atoms. The number of hydrogen-bond acceptors (Lipinski definition) is 7. The molecule has 10 heteroatoms. The number of Topliss-reactive ketones (excluding diaryl/α,β-unsaturated/α-hetero) is 1. The number of benzene rings is 2. The Balaban J connectivity index is 1.62. The normalized spacial score (nSPS) is 16.9. The SMILES string of the molecule is COc1cc(OC)c(C(=O)NC2CCC(CC(=O)c3cccc(C(=O)O)c3)CC2)cc1C(=O)NCCN. The zero-order chi connectivity index (χ0) is 26.9. The molecule has 1 saturated carbocycles. The van der Waals surface area contributed by atoms with Gasteiger partial charge in [0.2, 0.25) is 0 Å². The summed E-state index contributed by atoms with van der Waals surface area (Å²) in [6.45, 7) is 0.562. The van der Waals surface area contributed by atoms with Gasteiger partial charge in [0.25, 0.3) is 11.8 Å². The molecule has 1 aliphatic carbocycles. The van der Waals surface area contributed by atoms with Gasteiger partial charge in [-0.2, -0.15) is 0 Å². The number of nitrogens with one attached hydrogen (secondary N) is 2. The zero-order valence-corrected chi connectivity index (χ0v) is 21.0. The number of ketones is 1. The average Bonchev–Trinajstić information content (AvgIpc) is 2.91. The predicted molar refractivity (Wildman–Crippen MR) is 136 cm³/mol. The highest BCUT2D eigenvalue weighted by Gasteiger charge is 2.27. The van der Waals surface area contributed by atoms with Crippen molar-refractivity contribution < 1.29 is 33.8 Å². The number of aromatic carboxylic acids is 1. The lowest BCUT2D eigenvalue weighted by Crippen LogP contribution is -2.38. The van der Waals surface area contributed by atoms with Crippen LogP contribution >= 0.6 is 0 Å². The van der Waals surface area contributed by atoms with Gasteiger partial charge in [-0.3, -0.25) is 14.4 Å². The summed E-state index contributed by atoms with van der Waals surface area (Å²) in [6, 6.07) is 8.94. The lowest BCUT2D eigenvalue weighted by molar-refractivity contribution is 0.0696. The van der Waals surface area contributed by atoms with E-state index in [4.69, 9.17) is 20.3 Å². The molecule has 1 fully saturated rings. The molecule has 0 unspecified atom stereocenters. The van der Waals surface area contributed by atoms with Crippen LogP contribution in [0.1, 0.15) is 73.5 Å². The average molecular weight is 512 g/mol. The van der Waals surface area contributed by atoms with Gasteiger partial charge in [0.05, 0.1) is 30.9 Å². The maximum absolute atomic E-state index is 13.1. The highest BCUT2D eigenvalue weighted by molar-refractivity contribution is 6.03. The van der Waals surface area contributed by atoms with Gasteiger partial charge in [0.1, 0.15) is 11.5 Å². The molecule has 0 aliphatic heterocycles. The van der Waals surface area contributed by atoms with Crippen molar-refractivity contribution >= 4 is 23.6 Å². The minimum Gasteiger partial charge on any atom is -0.496 e. The number of carboxylic acids is 1. The molecule has 0 atom stereocenters. The second-order valence-electron chi connectivity index (χ2n) is 9.00. The molecule has 1 aliphatic rings. The van der Waals surface area contributed by atoms with Crippen molar-refractivity contribution in [1.82, 2.24) is 10.6 Å². The Labute approximate surface area is 215 Å². The van der Waals surface area contributed by atoms with Crippen LogP contribution in [-0.4, -0.2) is 62.0 Å². The number of carbonyl (C=O) groups excluding carboxylic acids is 3. The van der Waals surface area contributed by atoms with E-state index in [9.17, 15) is 19.2 Å². The highest BCUT2D eigenvalue weighted by atomic mass is 16.5. The molecule has 2 aromatic carbocycles. The number of hydrogen-bond donors (Lipinski definition) is 4. The van der Waals surface area contributed by atoms with Crippen molar-refractivity contribution in [1.29, 1.82) is 0 Å². The van der Waals surface area contributed by atoms with Crippen LogP contribution in [0.2, 0.25) is 0 Å². The molecule has 0 radical (unpaired) electrons. The van der Waals surface area contributed by atoms with Crippen LogP contribution in [0.4, 0.5) is 0 Å². The second-order valence-corrected chi connectivity index (χ2v) is 9.00. The number of carbonyl (C=O) groups is 4. The van der Waals surface area contributed by atoms with Gasteiger partial charge in [-0.1, -0.05) is 12.1 Å². The minimum absolute atomic E-state index is 0.0843. The van der Waals surface area contributed by atoms with E-state index in [1.165, 1.54) is 38.5 Å². The fraction of sp³-hybridized carbons (Fsp3) is 0.407. The summed E-state index contributed by atoms with van der Waals surface area (Å²) in [4.78, 5) is 49.5. The van der Waals surface area contributed by atoms with Crippen LogP contribution in [0.3, 0.4) is 0 Å². The predicted octanol–water partition coefficient (Wildman–Crippen LogP) is 2.65. The van der Waals surface area contributed by atoms with Gasteiger partial charge in [0.15, 0.2) is 5.78 Å². The van der Waals surface area contributed by atoms with Crippen LogP contribution in [0.5, 0.6) is 11.5 Å². The topological polar surface area (TPSA) is 157 Å². The van der Waals surface area contributed by atoms with Crippen LogP contribution in [0.25, 0.3) is 0 Å². The third-order valence-electron chi connectivity index (χ3n) is 6.53. The van der Waals surface area contributed by atoms with E-state index in [0.29, 0.717) is 24.8 Å². The molecular weight excluding hydrogens is 478 g/mol. The Kier molecular flexibility index (Phi) is 9.62. The van der Waals surface area contributed by atoms with Gasteiger partial charge in [-0.25, -0.2) is 4.79 Å². The van der Waals surface area contributed by atoms with E-state index in [-0.39, 0.29) is 64.9 Å². The first-order valence-electron chi connectivity index (χ1n) is 12.2. The fourth-order valence-corrected chi connectivity index (χ4v) is 4.51. The van der Waals surface area contributed by atoms with Crippen molar-refractivity contribution in [3.05, 3.63) is 58.7 Å². The number of carboxylic acid groups (broad SMARTS) is 1. The van der Waals surface area contributed by atoms with Crippen LogP contribution in [-0.2, 0) is 0 Å². The van der Waals surface area contributed by atoms with Crippen molar-refractivity contribution in [3.63, 3.8) is 0 Å². The highest BCUT2D eigenvalue weighted by Crippen LogP contribution is 2.31. The fourth-order valence-electron chi connectivity index (χ4n) is 4.51. The molecule has 37 heavy (non-hydrogen) atoms. The largest absolute Gasteiger partial charge is 0.496 e. The monoisotopic (exact) mass is 511 g/mol. The van der Waals surface area contributed by atoms with Gasteiger partial charge >= 0.3 is 5.97 Å². The van der Waals surface area contributed by atoms with E-state index >= 15 is 0 Å². The maximum atomic E-state index is 13.1. The first-order valence-corrected chi connectivity index (χ1v) is 12.2. The Morgan fingerprint density at radius 2 is 1.54 bits per heavy atom. The minimum atomic E-state index is -1.07. The van der Waals surface area contributed by atoms with Gasteiger partial charge in [0, 0.05) is 37.2 Å². The van der Waals surface area contributed by atoms with Gasteiger partial charge < -0.3 is 30.9 Å². The van der Waals surface area contributed by atoms with Crippen molar-refractivity contribution in [2.45, 2.75) is 38.1 Å².